The Morgan fingerprint density at radius 3 is 2.59 bits per heavy atom. The van der Waals surface area contributed by atoms with E-state index in [1.807, 2.05) is 37.3 Å². The molecule has 7 nitrogen and oxygen atoms in total. The number of nitrogens with two attached hydrogens (primary N) is 1. The Balaban J connectivity index is 1.83. The number of halogens is 2. The van der Waals surface area contributed by atoms with Gasteiger partial charge in [-0.2, -0.15) is 15.1 Å². The van der Waals surface area contributed by atoms with Gasteiger partial charge in [-0.05, 0) is 12.5 Å². The van der Waals surface area contributed by atoms with Crippen molar-refractivity contribution in [2.45, 2.75) is 32.4 Å². The Kier molecular flexibility index (Phi) is 5.50. The highest BCUT2D eigenvalue weighted by molar-refractivity contribution is 5.87. The van der Waals surface area contributed by atoms with Gasteiger partial charge in [0.2, 0.25) is 5.95 Å². The fourth-order valence-electron chi connectivity index (χ4n) is 2.66. The van der Waals surface area contributed by atoms with Crippen LogP contribution in [0.4, 0.5) is 20.5 Å². The fraction of sp³-hybridized carbons (Fsp3) is 0.389. The summed E-state index contributed by atoms with van der Waals surface area (Å²) < 4.78 is 28.2. The van der Waals surface area contributed by atoms with Crippen LogP contribution in [0.5, 0.6) is 0 Å². The van der Waals surface area contributed by atoms with Crippen LogP contribution in [0.2, 0.25) is 0 Å². The summed E-state index contributed by atoms with van der Waals surface area (Å²) in [6, 6.07) is 9.40. The highest BCUT2D eigenvalue weighted by Crippen LogP contribution is 2.23. The van der Waals surface area contributed by atoms with Gasteiger partial charge in [0.15, 0.2) is 5.65 Å². The molecular formula is C18H23F2N7. The second kappa shape index (κ2) is 7.83. The van der Waals surface area contributed by atoms with Crippen LogP contribution in [-0.2, 0) is 6.54 Å². The number of anilines is 2. The second-order valence-corrected chi connectivity index (χ2v) is 6.42. The number of nitrogens with zero attached hydrogens (tertiary/aromatic N) is 4. The maximum absolute atomic E-state index is 13.3. The third-order valence-corrected chi connectivity index (χ3v) is 4.07. The third kappa shape index (κ3) is 4.68. The van der Waals surface area contributed by atoms with Crippen molar-refractivity contribution in [2.24, 2.45) is 5.73 Å². The van der Waals surface area contributed by atoms with Gasteiger partial charge in [0, 0.05) is 26.1 Å². The number of benzene rings is 1. The zero-order chi connectivity index (χ0) is 19.4. The quantitative estimate of drug-likeness (QED) is 0.560. The first-order valence-electron chi connectivity index (χ1n) is 8.77. The van der Waals surface area contributed by atoms with Gasteiger partial charge in [-0.1, -0.05) is 30.3 Å². The Morgan fingerprint density at radius 2 is 1.93 bits per heavy atom. The maximum atomic E-state index is 13.3. The van der Waals surface area contributed by atoms with E-state index in [2.05, 4.69) is 25.7 Å². The minimum absolute atomic E-state index is 0.252. The summed E-state index contributed by atoms with van der Waals surface area (Å²) in [5.41, 5.74) is 7.75. The first-order valence-corrected chi connectivity index (χ1v) is 8.77. The van der Waals surface area contributed by atoms with Crippen molar-refractivity contribution in [3.05, 3.63) is 42.1 Å². The summed E-state index contributed by atoms with van der Waals surface area (Å²) in [7, 11) is 0. The van der Waals surface area contributed by atoms with E-state index in [0.29, 0.717) is 35.9 Å². The van der Waals surface area contributed by atoms with Gasteiger partial charge in [0.05, 0.1) is 18.1 Å². The molecule has 0 bridgehead atoms. The minimum Gasteiger partial charge on any atom is -0.363 e. The number of fused-ring (bicyclic) bond motifs is 1. The molecule has 3 aromatic rings. The summed E-state index contributed by atoms with van der Waals surface area (Å²) in [4.78, 5) is 8.81. The molecule has 0 fully saturated rings. The summed E-state index contributed by atoms with van der Waals surface area (Å²) in [5, 5.41) is 10.6. The first kappa shape index (κ1) is 19.0. The monoisotopic (exact) mass is 375 g/mol. The van der Waals surface area contributed by atoms with Crippen LogP contribution in [0, 0.1) is 0 Å². The molecule has 0 amide bonds. The number of hydrogen-bond donors (Lipinski definition) is 3. The molecule has 0 aliphatic heterocycles. The normalized spacial score (nSPS) is 12.9. The molecular weight excluding hydrogens is 352 g/mol. The molecule has 1 aromatic carbocycles. The topological polar surface area (TPSA) is 93.7 Å². The Bertz CT molecular complexity index is 890. The van der Waals surface area contributed by atoms with Gasteiger partial charge in [0.1, 0.15) is 5.82 Å². The predicted octanol–water partition coefficient (Wildman–Crippen LogP) is 3.03. The van der Waals surface area contributed by atoms with Crippen LogP contribution in [0.15, 0.2) is 36.5 Å². The van der Waals surface area contributed by atoms with Crippen molar-refractivity contribution in [3.8, 4) is 0 Å². The molecule has 0 spiro atoms. The second-order valence-electron chi connectivity index (χ2n) is 6.42. The van der Waals surface area contributed by atoms with Crippen LogP contribution in [-0.4, -0.2) is 38.8 Å². The molecule has 4 N–H and O–H groups in total. The third-order valence-electron chi connectivity index (χ3n) is 4.07. The molecule has 0 saturated carbocycles. The highest BCUT2D eigenvalue weighted by atomic mass is 19.3. The summed E-state index contributed by atoms with van der Waals surface area (Å²) in [6.07, 6.45) is 1.58. The number of alkyl halides is 2. The van der Waals surface area contributed by atoms with E-state index in [4.69, 9.17) is 5.73 Å². The number of rotatable bonds is 8. The van der Waals surface area contributed by atoms with Gasteiger partial charge >= 0.3 is 0 Å². The van der Waals surface area contributed by atoms with Gasteiger partial charge in [-0.25, -0.2) is 13.5 Å². The molecule has 0 aliphatic carbocycles. The van der Waals surface area contributed by atoms with E-state index >= 15 is 0 Å². The van der Waals surface area contributed by atoms with E-state index in [1.54, 1.807) is 10.9 Å². The predicted molar refractivity (Wildman–Crippen MR) is 102 cm³/mol. The van der Waals surface area contributed by atoms with Gasteiger partial charge < -0.3 is 16.4 Å². The SMILES string of the molecule is CCn1ncc2c(NCC(C)(F)F)nc(NC[C@H](N)c3ccccc3)nc21. The zero-order valence-corrected chi connectivity index (χ0v) is 15.3. The van der Waals surface area contributed by atoms with Gasteiger partial charge in [-0.3, -0.25) is 0 Å². The molecule has 144 valence electrons. The number of hydrogen-bond acceptors (Lipinski definition) is 6. The smallest absolute Gasteiger partial charge is 0.262 e. The Labute approximate surface area is 156 Å². The molecule has 1 atom stereocenters. The molecule has 0 aliphatic rings. The average molecular weight is 375 g/mol. The van der Waals surface area contributed by atoms with E-state index < -0.39 is 12.5 Å². The van der Waals surface area contributed by atoms with Crippen LogP contribution >= 0.6 is 0 Å². The van der Waals surface area contributed by atoms with Crippen molar-refractivity contribution < 1.29 is 8.78 Å². The summed E-state index contributed by atoms with van der Waals surface area (Å²) in [6.45, 7) is 3.26. The molecule has 0 unspecified atom stereocenters. The molecule has 3 rings (SSSR count). The minimum atomic E-state index is -2.86. The van der Waals surface area contributed by atoms with Crippen LogP contribution in [0.3, 0.4) is 0 Å². The summed E-state index contributed by atoms with van der Waals surface area (Å²) in [5.74, 6) is -2.23. The van der Waals surface area contributed by atoms with E-state index in [9.17, 15) is 8.78 Å². The van der Waals surface area contributed by atoms with Crippen molar-refractivity contribution in [2.75, 3.05) is 23.7 Å². The Morgan fingerprint density at radius 1 is 1.19 bits per heavy atom. The van der Waals surface area contributed by atoms with Crippen LogP contribution in [0.25, 0.3) is 11.0 Å². The molecule has 9 heteroatoms. The maximum Gasteiger partial charge on any atom is 0.262 e. The largest absolute Gasteiger partial charge is 0.363 e. The average Bonchev–Trinajstić information content (AvgIpc) is 3.07. The number of nitrogens with one attached hydrogen (secondary N) is 2. The highest BCUT2D eigenvalue weighted by Gasteiger charge is 2.22. The lowest BCUT2D eigenvalue weighted by Crippen LogP contribution is -2.24. The lowest BCUT2D eigenvalue weighted by atomic mass is 10.1. The standard InChI is InChI=1S/C18H23F2N7/c1-3-27-16-13(9-24-27)15(23-11-18(2,19)20)25-17(26-16)22-10-14(21)12-7-5-4-6-8-12/h4-9,14H,3,10-11,21H2,1-2H3,(H2,22,23,25,26)/t14-/m0/s1. The number of aryl methyl sites for hydroxylation is 1. The van der Waals surface area contributed by atoms with Crippen LogP contribution < -0.4 is 16.4 Å². The van der Waals surface area contributed by atoms with Gasteiger partial charge in [-0.15, -0.1) is 0 Å². The lowest BCUT2D eigenvalue weighted by Gasteiger charge is -2.15. The van der Waals surface area contributed by atoms with Crippen molar-refractivity contribution in [1.82, 2.24) is 19.7 Å². The molecule has 0 saturated heterocycles. The van der Waals surface area contributed by atoms with E-state index in [0.717, 1.165) is 12.5 Å². The molecule has 2 aromatic heterocycles. The molecule has 0 radical (unpaired) electrons. The zero-order valence-electron chi connectivity index (χ0n) is 15.3. The lowest BCUT2D eigenvalue weighted by molar-refractivity contribution is 0.0367. The van der Waals surface area contributed by atoms with Gasteiger partial charge in [0.25, 0.3) is 5.92 Å². The molecule has 2 heterocycles. The fourth-order valence-corrected chi connectivity index (χ4v) is 2.66. The molecule has 27 heavy (non-hydrogen) atoms. The van der Waals surface area contributed by atoms with Crippen molar-refractivity contribution in [1.29, 1.82) is 0 Å². The first-order chi connectivity index (χ1) is 12.9. The Hall–Kier alpha value is -2.81. The van der Waals surface area contributed by atoms with Crippen molar-refractivity contribution >= 4 is 22.8 Å². The number of aromatic nitrogens is 4. The van der Waals surface area contributed by atoms with E-state index in [1.165, 1.54) is 0 Å². The van der Waals surface area contributed by atoms with Crippen molar-refractivity contribution in [3.63, 3.8) is 0 Å². The van der Waals surface area contributed by atoms with Crippen LogP contribution in [0.1, 0.15) is 25.5 Å². The van der Waals surface area contributed by atoms with E-state index in [-0.39, 0.29) is 6.04 Å². The summed E-state index contributed by atoms with van der Waals surface area (Å²) >= 11 is 0.